The topological polar surface area (TPSA) is 63.7 Å². The third-order valence-electron chi connectivity index (χ3n) is 3.84. The van der Waals surface area contributed by atoms with Crippen molar-refractivity contribution in [3.8, 4) is 0 Å². The summed E-state index contributed by atoms with van der Waals surface area (Å²) in [4.78, 5) is 18.4. The van der Waals surface area contributed by atoms with Gasteiger partial charge in [0.25, 0.3) is 5.91 Å². The first-order chi connectivity index (χ1) is 12.2. The molecule has 1 amide bonds. The first-order valence-corrected chi connectivity index (χ1v) is 8.50. The Bertz CT molecular complexity index is 703. The quantitative estimate of drug-likeness (QED) is 0.857. The summed E-state index contributed by atoms with van der Waals surface area (Å²) in [6.07, 6.45) is 1.76. The number of hydrogen-bond acceptors (Lipinski definition) is 5. The van der Waals surface area contributed by atoms with Gasteiger partial charge in [-0.1, -0.05) is 29.8 Å². The lowest BCUT2D eigenvalue weighted by molar-refractivity contribution is -0.121. The summed E-state index contributed by atoms with van der Waals surface area (Å²) in [7, 11) is 0. The van der Waals surface area contributed by atoms with E-state index in [1.165, 1.54) is 0 Å². The summed E-state index contributed by atoms with van der Waals surface area (Å²) < 4.78 is 10.7. The van der Waals surface area contributed by atoms with Gasteiger partial charge >= 0.3 is 0 Å². The van der Waals surface area contributed by atoms with Crippen LogP contribution in [0.15, 0.2) is 42.6 Å². The second-order valence-electron chi connectivity index (χ2n) is 5.63. The number of pyridine rings is 1. The van der Waals surface area contributed by atoms with Crippen molar-refractivity contribution in [3.63, 3.8) is 0 Å². The van der Waals surface area contributed by atoms with Crippen molar-refractivity contribution < 1.29 is 14.3 Å². The summed E-state index contributed by atoms with van der Waals surface area (Å²) in [5.74, 6) is 0.252. The van der Waals surface area contributed by atoms with E-state index in [-0.39, 0.29) is 19.1 Å². The molecule has 1 aliphatic heterocycles. The van der Waals surface area contributed by atoms with Crippen LogP contribution in [0.4, 0.5) is 11.5 Å². The van der Waals surface area contributed by atoms with Gasteiger partial charge in [-0.3, -0.25) is 4.79 Å². The van der Waals surface area contributed by atoms with Gasteiger partial charge in [0.2, 0.25) is 0 Å². The van der Waals surface area contributed by atoms with Crippen LogP contribution in [-0.4, -0.2) is 43.8 Å². The van der Waals surface area contributed by atoms with Gasteiger partial charge in [0.15, 0.2) is 0 Å². The number of hydrogen-bond donors (Lipinski definition) is 1. The Morgan fingerprint density at radius 2 is 2.04 bits per heavy atom. The smallest absolute Gasteiger partial charge is 0.251 e. The van der Waals surface area contributed by atoms with Gasteiger partial charge in [-0.2, -0.15) is 0 Å². The maximum Gasteiger partial charge on any atom is 0.251 e. The zero-order valence-electron chi connectivity index (χ0n) is 13.8. The first kappa shape index (κ1) is 17.7. The molecule has 1 aliphatic rings. The Kier molecular flexibility index (Phi) is 6.22. The fraction of sp³-hybridized carbons (Fsp3) is 0.333. The molecule has 3 rings (SSSR count). The lowest BCUT2D eigenvalue weighted by atomic mass is 10.2. The van der Waals surface area contributed by atoms with E-state index in [4.69, 9.17) is 21.1 Å². The Hall–Kier alpha value is -2.15. The lowest BCUT2D eigenvalue weighted by Crippen LogP contribution is -2.36. The highest BCUT2D eigenvalue weighted by Crippen LogP contribution is 2.17. The van der Waals surface area contributed by atoms with Crippen molar-refractivity contribution in [2.24, 2.45) is 0 Å². The third-order valence-corrected chi connectivity index (χ3v) is 4.21. The number of aromatic nitrogens is 1. The zero-order chi connectivity index (χ0) is 17.5. The number of nitrogens with one attached hydrogen (secondary N) is 1. The van der Waals surface area contributed by atoms with Crippen LogP contribution in [0.5, 0.6) is 0 Å². The largest absolute Gasteiger partial charge is 0.378 e. The van der Waals surface area contributed by atoms with E-state index in [1.807, 2.05) is 24.3 Å². The number of anilines is 2. The van der Waals surface area contributed by atoms with E-state index in [1.54, 1.807) is 18.3 Å². The van der Waals surface area contributed by atoms with Crippen LogP contribution in [0.2, 0.25) is 5.02 Å². The van der Waals surface area contributed by atoms with E-state index < -0.39 is 0 Å². The number of nitrogens with zero attached hydrogens (tertiary/aromatic N) is 2. The van der Waals surface area contributed by atoms with Crippen molar-refractivity contribution in [2.75, 3.05) is 43.1 Å². The third kappa shape index (κ3) is 5.16. The number of rotatable bonds is 6. The molecule has 1 N–H and O–H groups in total. The Labute approximate surface area is 151 Å². The van der Waals surface area contributed by atoms with E-state index in [0.717, 1.165) is 37.6 Å². The predicted octanol–water partition coefficient (Wildman–Crippen LogP) is 2.73. The normalized spacial score (nSPS) is 14.4. The fourth-order valence-electron chi connectivity index (χ4n) is 2.52. The standard InChI is InChI=1S/C18H20ClN3O3/c19-16-4-2-1-3-14(16)12-25-13-18(23)21-17-6-5-15(11-20-17)22-7-9-24-10-8-22/h1-6,11H,7-10,12-13H2,(H,20,21,23). The predicted molar refractivity (Wildman–Crippen MR) is 97.0 cm³/mol. The maximum absolute atomic E-state index is 11.9. The zero-order valence-corrected chi connectivity index (χ0v) is 14.5. The van der Waals surface area contributed by atoms with Crippen LogP contribution in [0, 0.1) is 0 Å². The summed E-state index contributed by atoms with van der Waals surface area (Å²) in [6, 6.07) is 11.1. The molecule has 0 spiro atoms. The minimum absolute atomic E-state index is 0.0574. The Balaban J connectivity index is 1.45. The van der Waals surface area contributed by atoms with Crippen molar-refractivity contribution >= 4 is 29.0 Å². The molecule has 0 saturated carbocycles. The van der Waals surface area contributed by atoms with Gasteiger partial charge in [0, 0.05) is 18.1 Å². The van der Waals surface area contributed by atoms with Gasteiger partial charge in [-0.15, -0.1) is 0 Å². The molecule has 0 atom stereocenters. The van der Waals surface area contributed by atoms with Crippen molar-refractivity contribution in [3.05, 3.63) is 53.2 Å². The average Bonchev–Trinajstić information content (AvgIpc) is 2.65. The number of morpholine rings is 1. The Morgan fingerprint density at radius 3 is 2.76 bits per heavy atom. The highest BCUT2D eigenvalue weighted by Gasteiger charge is 2.12. The van der Waals surface area contributed by atoms with Gasteiger partial charge in [-0.25, -0.2) is 4.98 Å². The van der Waals surface area contributed by atoms with Crippen molar-refractivity contribution in [1.82, 2.24) is 4.98 Å². The molecular formula is C18H20ClN3O3. The summed E-state index contributed by atoms with van der Waals surface area (Å²) in [6.45, 7) is 3.38. The maximum atomic E-state index is 11.9. The SMILES string of the molecule is O=C(COCc1ccccc1Cl)Nc1ccc(N2CCOCC2)cn1. The van der Waals surface area contributed by atoms with Crippen LogP contribution in [0.25, 0.3) is 0 Å². The van der Waals surface area contributed by atoms with Crippen LogP contribution in [0.1, 0.15) is 5.56 Å². The molecule has 1 saturated heterocycles. The number of amides is 1. The number of carbonyl (C=O) groups excluding carboxylic acids is 1. The molecule has 1 aromatic carbocycles. The molecule has 0 radical (unpaired) electrons. The van der Waals surface area contributed by atoms with Gasteiger partial charge in [0.05, 0.1) is 31.7 Å². The minimum atomic E-state index is -0.251. The summed E-state index contributed by atoms with van der Waals surface area (Å²) in [5, 5.41) is 3.35. The van der Waals surface area contributed by atoms with Crippen LogP contribution < -0.4 is 10.2 Å². The molecule has 0 unspecified atom stereocenters. The first-order valence-electron chi connectivity index (χ1n) is 8.12. The van der Waals surface area contributed by atoms with E-state index in [0.29, 0.717) is 10.8 Å². The molecular weight excluding hydrogens is 342 g/mol. The molecule has 7 heteroatoms. The van der Waals surface area contributed by atoms with Gasteiger partial charge in [-0.05, 0) is 23.8 Å². The average molecular weight is 362 g/mol. The Morgan fingerprint density at radius 1 is 1.24 bits per heavy atom. The molecule has 2 heterocycles. The fourth-order valence-corrected chi connectivity index (χ4v) is 2.71. The number of halogens is 1. The van der Waals surface area contributed by atoms with E-state index >= 15 is 0 Å². The van der Waals surface area contributed by atoms with Crippen LogP contribution in [0.3, 0.4) is 0 Å². The van der Waals surface area contributed by atoms with Gasteiger partial charge in [0.1, 0.15) is 12.4 Å². The molecule has 1 fully saturated rings. The molecule has 2 aromatic rings. The number of carbonyl (C=O) groups is 1. The van der Waals surface area contributed by atoms with Crippen molar-refractivity contribution in [2.45, 2.75) is 6.61 Å². The highest BCUT2D eigenvalue weighted by atomic mass is 35.5. The monoisotopic (exact) mass is 361 g/mol. The molecule has 6 nitrogen and oxygen atoms in total. The number of ether oxygens (including phenoxy) is 2. The number of benzene rings is 1. The summed E-state index contributed by atoms with van der Waals surface area (Å²) in [5.41, 5.74) is 1.88. The minimum Gasteiger partial charge on any atom is -0.378 e. The molecule has 0 bridgehead atoms. The van der Waals surface area contributed by atoms with E-state index in [9.17, 15) is 4.79 Å². The molecule has 132 valence electrons. The van der Waals surface area contributed by atoms with Crippen LogP contribution in [-0.2, 0) is 20.9 Å². The second-order valence-corrected chi connectivity index (χ2v) is 6.04. The molecule has 0 aliphatic carbocycles. The molecule has 25 heavy (non-hydrogen) atoms. The second kappa shape index (κ2) is 8.80. The highest BCUT2D eigenvalue weighted by molar-refractivity contribution is 6.31. The lowest BCUT2D eigenvalue weighted by Gasteiger charge is -2.28. The van der Waals surface area contributed by atoms with Gasteiger partial charge < -0.3 is 19.7 Å². The summed E-state index contributed by atoms with van der Waals surface area (Å²) >= 11 is 6.05. The van der Waals surface area contributed by atoms with Crippen molar-refractivity contribution in [1.29, 1.82) is 0 Å². The van der Waals surface area contributed by atoms with Crippen LogP contribution >= 0.6 is 11.6 Å². The molecule has 1 aromatic heterocycles. The van der Waals surface area contributed by atoms with E-state index in [2.05, 4.69) is 15.2 Å².